The van der Waals surface area contributed by atoms with E-state index in [2.05, 4.69) is 15.1 Å². The van der Waals surface area contributed by atoms with Crippen molar-refractivity contribution in [3.8, 4) is 11.4 Å². The highest BCUT2D eigenvalue weighted by molar-refractivity contribution is 6.35. The van der Waals surface area contributed by atoms with Gasteiger partial charge in [-0.2, -0.15) is 4.98 Å². The number of carbonyl (C=O) groups excluding carboxylic acids is 1. The first-order chi connectivity index (χ1) is 16.1. The Morgan fingerprint density at radius 1 is 1.18 bits per heavy atom. The fraction of sp³-hybridized carbons (Fsp3) is 0.304. The second-order valence-electron chi connectivity index (χ2n) is 8.22. The molecule has 1 saturated heterocycles. The smallest absolute Gasteiger partial charge is 0.254 e. The van der Waals surface area contributed by atoms with E-state index in [0.717, 1.165) is 18.5 Å². The third kappa shape index (κ3) is 3.39. The van der Waals surface area contributed by atoms with Crippen LogP contribution in [0.1, 0.15) is 24.8 Å². The van der Waals surface area contributed by atoms with E-state index in [9.17, 15) is 9.18 Å². The minimum atomic E-state index is -0.682. The number of aliphatic imine (C=N–C) groups is 1. The lowest BCUT2D eigenvalue weighted by Gasteiger charge is -2.40. The molecule has 33 heavy (non-hydrogen) atoms. The van der Waals surface area contributed by atoms with E-state index >= 15 is 0 Å². The molecule has 3 atom stereocenters. The molecule has 168 valence electrons. The Kier molecular flexibility index (Phi) is 4.88. The molecule has 0 N–H and O–H groups in total. The van der Waals surface area contributed by atoms with Gasteiger partial charge in [-0.1, -0.05) is 22.8 Å². The SMILES string of the molecule is O=C1C2C(c3nc(-c4ccc(F)cc4)no3)N=CN2c2cccc(Cl)c2N1CC1CCCO1. The van der Waals surface area contributed by atoms with Gasteiger partial charge in [0, 0.05) is 12.2 Å². The van der Waals surface area contributed by atoms with E-state index in [1.807, 2.05) is 17.0 Å². The average Bonchev–Trinajstić information content (AvgIpc) is 3.58. The molecule has 1 aromatic heterocycles. The Morgan fingerprint density at radius 3 is 2.82 bits per heavy atom. The molecular formula is C23H19ClFN5O3. The lowest BCUT2D eigenvalue weighted by atomic mass is 10.0. The number of anilines is 2. The Labute approximate surface area is 193 Å². The number of benzene rings is 2. The van der Waals surface area contributed by atoms with Gasteiger partial charge in [-0.15, -0.1) is 0 Å². The molecule has 3 unspecified atom stereocenters. The van der Waals surface area contributed by atoms with Crippen LogP contribution in [-0.4, -0.2) is 47.7 Å². The summed E-state index contributed by atoms with van der Waals surface area (Å²) < 4.78 is 24.6. The van der Waals surface area contributed by atoms with Gasteiger partial charge >= 0.3 is 0 Å². The number of ether oxygens (including phenoxy) is 1. The Hall–Kier alpha value is -3.30. The topological polar surface area (TPSA) is 84.1 Å². The number of aromatic nitrogens is 2. The van der Waals surface area contributed by atoms with Gasteiger partial charge in [0.15, 0.2) is 6.04 Å². The molecule has 6 rings (SSSR count). The zero-order chi connectivity index (χ0) is 22.5. The summed E-state index contributed by atoms with van der Waals surface area (Å²) >= 11 is 6.54. The molecule has 0 saturated carbocycles. The lowest BCUT2D eigenvalue weighted by Crippen LogP contribution is -2.54. The summed E-state index contributed by atoms with van der Waals surface area (Å²) in [5.74, 6) is 0.0145. The van der Waals surface area contributed by atoms with Crippen molar-refractivity contribution in [2.45, 2.75) is 31.0 Å². The minimum Gasteiger partial charge on any atom is -0.376 e. The van der Waals surface area contributed by atoms with E-state index in [-0.39, 0.29) is 23.7 Å². The Balaban J connectivity index is 1.36. The fourth-order valence-corrected chi connectivity index (χ4v) is 4.88. The van der Waals surface area contributed by atoms with Crippen LogP contribution in [0.15, 0.2) is 52.0 Å². The largest absolute Gasteiger partial charge is 0.376 e. The van der Waals surface area contributed by atoms with E-state index in [4.69, 9.17) is 20.9 Å². The van der Waals surface area contributed by atoms with Crippen LogP contribution in [0.4, 0.5) is 15.8 Å². The first kappa shape index (κ1) is 20.3. The van der Waals surface area contributed by atoms with Crippen molar-refractivity contribution in [3.63, 3.8) is 0 Å². The van der Waals surface area contributed by atoms with Crippen molar-refractivity contribution in [2.75, 3.05) is 23.0 Å². The highest BCUT2D eigenvalue weighted by Gasteiger charge is 2.49. The summed E-state index contributed by atoms with van der Waals surface area (Å²) in [6.07, 6.45) is 3.44. The summed E-state index contributed by atoms with van der Waals surface area (Å²) in [6.45, 7) is 1.11. The highest BCUT2D eigenvalue weighted by Crippen LogP contribution is 2.46. The summed E-state index contributed by atoms with van der Waals surface area (Å²) in [4.78, 5) is 26.3. The molecule has 3 aromatic rings. The normalized spacial score (nSPS) is 23.8. The zero-order valence-electron chi connectivity index (χ0n) is 17.4. The van der Waals surface area contributed by atoms with Crippen molar-refractivity contribution in [1.82, 2.24) is 10.1 Å². The van der Waals surface area contributed by atoms with Crippen LogP contribution in [0.2, 0.25) is 5.02 Å². The number of halogens is 2. The van der Waals surface area contributed by atoms with Crippen LogP contribution >= 0.6 is 11.6 Å². The lowest BCUT2D eigenvalue weighted by molar-refractivity contribution is -0.120. The summed E-state index contributed by atoms with van der Waals surface area (Å²) in [5, 5.41) is 4.51. The molecule has 0 aliphatic carbocycles. The second-order valence-corrected chi connectivity index (χ2v) is 8.62. The molecule has 8 nitrogen and oxygen atoms in total. The summed E-state index contributed by atoms with van der Waals surface area (Å²) in [5.41, 5.74) is 2.05. The van der Waals surface area contributed by atoms with Crippen molar-refractivity contribution in [2.24, 2.45) is 4.99 Å². The molecule has 3 aliphatic heterocycles. The molecule has 0 bridgehead atoms. The predicted octanol–water partition coefficient (Wildman–Crippen LogP) is 4.01. The molecule has 10 heteroatoms. The zero-order valence-corrected chi connectivity index (χ0v) is 18.2. The standard InChI is InChI=1S/C23H19ClFN5O3/c24-16-4-1-5-17-19(16)29(11-15-3-2-10-32-15)23(31)20-18(26-12-30(17)20)22-27-21(28-33-22)13-6-8-14(25)9-7-13/h1,4-9,12,15,18,20H,2-3,10-11H2. The number of nitrogens with zero attached hydrogens (tertiary/aromatic N) is 5. The third-order valence-electron chi connectivity index (χ3n) is 6.19. The van der Waals surface area contributed by atoms with Crippen molar-refractivity contribution >= 4 is 35.2 Å². The predicted molar refractivity (Wildman–Crippen MR) is 120 cm³/mol. The number of hydrogen-bond donors (Lipinski definition) is 0. The first-order valence-electron chi connectivity index (χ1n) is 10.7. The van der Waals surface area contributed by atoms with Crippen molar-refractivity contribution < 1.29 is 18.4 Å². The highest BCUT2D eigenvalue weighted by atomic mass is 35.5. The maximum Gasteiger partial charge on any atom is 0.254 e. The number of amides is 1. The van der Waals surface area contributed by atoms with Gasteiger partial charge < -0.3 is 19.1 Å². The van der Waals surface area contributed by atoms with Gasteiger partial charge in [0.25, 0.3) is 11.8 Å². The van der Waals surface area contributed by atoms with Gasteiger partial charge in [0.05, 0.1) is 35.4 Å². The molecular weight excluding hydrogens is 449 g/mol. The number of para-hydroxylation sites is 1. The maximum absolute atomic E-state index is 13.8. The van der Waals surface area contributed by atoms with Crippen LogP contribution in [0.3, 0.4) is 0 Å². The molecule has 0 radical (unpaired) electrons. The average molecular weight is 468 g/mol. The molecule has 2 aromatic carbocycles. The van der Waals surface area contributed by atoms with Gasteiger partial charge in [-0.05, 0) is 49.2 Å². The van der Waals surface area contributed by atoms with Crippen molar-refractivity contribution in [1.29, 1.82) is 0 Å². The molecule has 0 spiro atoms. The summed E-state index contributed by atoms with van der Waals surface area (Å²) in [7, 11) is 0. The van der Waals surface area contributed by atoms with Crippen LogP contribution in [-0.2, 0) is 9.53 Å². The van der Waals surface area contributed by atoms with Gasteiger partial charge in [-0.25, -0.2) is 4.39 Å². The number of carbonyl (C=O) groups is 1. The Morgan fingerprint density at radius 2 is 2.03 bits per heavy atom. The summed E-state index contributed by atoms with van der Waals surface area (Å²) in [6, 6.07) is 9.97. The van der Waals surface area contributed by atoms with Gasteiger partial charge in [0.2, 0.25) is 5.82 Å². The van der Waals surface area contributed by atoms with E-state index in [0.29, 0.717) is 35.2 Å². The fourth-order valence-electron chi connectivity index (χ4n) is 4.61. The molecule has 1 amide bonds. The van der Waals surface area contributed by atoms with E-state index in [1.165, 1.54) is 12.1 Å². The molecule has 4 heterocycles. The maximum atomic E-state index is 13.8. The number of hydrogen-bond acceptors (Lipinski definition) is 7. The number of rotatable bonds is 4. The quantitative estimate of drug-likeness (QED) is 0.576. The monoisotopic (exact) mass is 467 g/mol. The van der Waals surface area contributed by atoms with Crippen LogP contribution in [0, 0.1) is 5.82 Å². The second kappa shape index (κ2) is 7.93. The first-order valence-corrected chi connectivity index (χ1v) is 11.1. The minimum absolute atomic E-state index is 0.0427. The van der Waals surface area contributed by atoms with Crippen molar-refractivity contribution in [3.05, 3.63) is 59.2 Å². The van der Waals surface area contributed by atoms with Crippen LogP contribution in [0.5, 0.6) is 0 Å². The molecule has 1 fully saturated rings. The Bertz CT molecular complexity index is 1240. The third-order valence-corrected chi connectivity index (χ3v) is 6.50. The van der Waals surface area contributed by atoms with E-state index < -0.39 is 12.1 Å². The number of fused-ring (bicyclic) bond motifs is 3. The van der Waals surface area contributed by atoms with E-state index in [1.54, 1.807) is 29.4 Å². The van der Waals surface area contributed by atoms with Crippen LogP contribution in [0.25, 0.3) is 11.4 Å². The van der Waals surface area contributed by atoms with Gasteiger partial charge in [0.1, 0.15) is 11.9 Å². The van der Waals surface area contributed by atoms with Gasteiger partial charge in [-0.3, -0.25) is 9.79 Å². The molecule has 3 aliphatic rings. The van der Waals surface area contributed by atoms with Crippen LogP contribution < -0.4 is 9.80 Å².